The molecule has 0 saturated carbocycles. The van der Waals surface area contributed by atoms with Crippen LogP contribution in [-0.2, 0) is 4.79 Å². The highest BCUT2D eigenvalue weighted by molar-refractivity contribution is 7.11. The van der Waals surface area contributed by atoms with Crippen LogP contribution in [0.5, 0.6) is 0 Å². The average molecular weight is 262 g/mol. The Kier molecular flexibility index (Phi) is 2.91. The first kappa shape index (κ1) is 11.5. The van der Waals surface area contributed by atoms with Crippen LogP contribution >= 0.6 is 11.5 Å². The van der Waals surface area contributed by atoms with Crippen molar-refractivity contribution in [1.82, 2.24) is 4.37 Å². The molecule has 1 aromatic carbocycles. The van der Waals surface area contributed by atoms with Crippen molar-refractivity contribution in [3.05, 3.63) is 24.3 Å². The number of benzene rings is 1. The van der Waals surface area contributed by atoms with Crippen molar-refractivity contribution in [3.63, 3.8) is 0 Å². The number of rotatable bonds is 3. The van der Waals surface area contributed by atoms with Crippen LogP contribution in [0.1, 0.15) is 12.8 Å². The highest BCUT2D eigenvalue weighted by Crippen LogP contribution is 2.35. The maximum Gasteiger partial charge on any atom is 0.303 e. The van der Waals surface area contributed by atoms with E-state index in [0.717, 1.165) is 25.0 Å². The Balaban J connectivity index is 1.82. The van der Waals surface area contributed by atoms with Crippen molar-refractivity contribution >= 4 is 33.4 Å². The number of fused-ring (bicyclic) bond motifs is 1. The fourth-order valence-electron chi connectivity index (χ4n) is 2.53. The molecule has 0 spiro atoms. The third kappa shape index (κ3) is 2.06. The lowest BCUT2D eigenvalue weighted by Gasteiger charge is -2.15. The second-order valence-electron chi connectivity index (χ2n) is 4.70. The summed E-state index contributed by atoms with van der Waals surface area (Å²) in [6.07, 6.45) is 1.23. The molecular weight excluding hydrogens is 248 g/mol. The van der Waals surface area contributed by atoms with Gasteiger partial charge in [-0.15, -0.1) is 0 Å². The SMILES string of the molecule is O=C(O)CC1CCN(c2snc3ccccc23)C1. The summed E-state index contributed by atoms with van der Waals surface area (Å²) in [5.41, 5.74) is 1.03. The second-order valence-corrected chi connectivity index (χ2v) is 5.46. The molecule has 1 fully saturated rings. The van der Waals surface area contributed by atoms with E-state index in [4.69, 9.17) is 5.11 Å². The Morgan fingerprint density at radius 1 is 1.50 bits per heavy atom. The van der Waals surface area contributed by atoms with Crippen LogP contribution < -0.4 is 4.90 Å². The van der Waals surface area contributed by atoms with Crippen molar-refractivity contribution in [2.45, 2.75) is 12.8 Å². The summed E-state index contributed by atoms with van der Waals surface area (Å²) < 4.78 is 4.43. The van der Waals surface area contributed by atoms with E-state index in [9.17, 15) is 4.79 Å². The van der Waals surface area contributed by atoms with Crippen LogP contribution in [-0.4, -0.2) is 28.5 Å². The first-order valence-corrected chi connectivity index (χ1v) is 6.82. The molecule has 1 atom stereocenters. The summed E-state index contributed by atoms with van der Waals surface area (Å²) in [5.74, 6) is -0.431. The minimum atomic E-state index is -0.698. The molecule has 3 rings (SSSR count). The Morgan fingerprint density at radius 2 is 2.33 bits per heavy atom. The van der Waals surface area contributed by atoms with Gasteiger partial charge in [0.15, 0.2) is 0 Å². The van der Waals surface area contributed by atoms with Gasteiger partial charge in [0.25, 0.3) is 0 Å². The van der Waals surface area contributed by atoms with Crippen molar-refractivity contribution in [2.24, 2.45) is 5.92 Å². The van der Waals surface area contributed by atoms with Gasteiger partial charge in [0.2, 0.25) is 0 Å². The lowest BCUT2D eigenvalue weighted by Crippen LogP contribution is -2.19. The molecule has 1 aliphatic heterocycles. The highest BCUT2D eigenvalue weighted by Gasteiger charge is 2.26. The van der Waals surface area contributed by atoms with Gasteiger partial charge in [0.1, 0.15) is 5.00 Å². The molecule has 1 aromatic heterocycles. The standard InChI is InChI=1S/C13H14N2O2S/c16-12(17)7-9-5-6-15(8-9)13-10-3-1-2-4-11(10)14-18-13/h1-4,9H,5-8H2,(H,16,17). The first-order valence-electron chi connectivity index (χ1n) is 6.05. The van der Waals surface area contributed by atoms with Gasteiger partial charge >= 0.3 is 5.97 Å². The highest BCUT2D eigenvalue weighted by atomic mass is 32.1. The number of aromatic nitrogens is 1. The molecule has 94 valence electrons. The quantitative estimate of drug-likeness (QED) is 0.923. The lowest BCUT2D eigenvalue weighted by molar-refractivity contribution is -0.137. The number of hydrogen-bond acceptors (Lipinski definition) is 4. The van der Waals surface area contributed by atoms with E-state index >= 15 is 0 Å². The molecule has 18 heavy (non-hydrogen) atoms. The van der Waals surface area contributed by atoms with E-state index in [0.29, 0.717) is 0 Å². The molecule has 1 N–H and O–H groups in total. The van der Waals surface area contributed by atoms with E-state index in [1.807, 2.05) is 18.2 Å². The summed E-state index contributed by atoms with van der Waals surface area (Å²) >= 11 is 1.51. The minimum absolute atomic E-state index is 0.267. The van der Waals surface area contributed by atoms with Gasteiger partial charge in [0.05, 0.1) is 5.52 Å². The topological polar surface area (TPSA) is 53.4 Å². The molecule has 0 radical (unpaired) electrons. The van der Waals surface area contributed by atoms with Crippen LogP contribution in [0.3, 0.4) is 0 Å². The Bertz CT molecular complexity index is 581. The summed E-state index contributed by atoms with van der Waals surface area (Å²) in [7, 11) is 0. The predicted molar refractivity (Wildman–Crippen MR) is 72.2 cm³/mol. The van der Waals surface area contributed by atoms with Gasteiger partial charge in [-0.3, -0.25) is 4.79 Å². The van der Waals surface area contributed by atoms with Gasteiger partial charge in [-0.2, -0.15) is 4.37 Å². The molecule has 1 unspecified atom stereocenters. The summed E-state index contributed by atoms with van der Waals surface area (Å²) in [4.78, 5) is 13.0. The lowest BCUT2D eigenvalue weighted by atomic mass is 10.1. The van der Waals surface area contributed by atoms with E-state index in [2.05, 4.69) is 15.3 Å². The Morgan fingerprint density at radius 3 is 3.17 bits per heavy atom. The zero-order chi connectivity index (χ0) is 12.5. The van der Waals surface area contributed by atoms with Crippen LogP contribution in [0.4, 0.5) is 5.00 Å². The number of carboxylic acid groups (broad SMARTS) is 1. The molecule has 1 aliphatic rings. The summed E-state index contributed by atoms with van der Waals surface area (Å²) in [6, 6.07) is 8.10. The second kappa shape index (κ2) is 4.57. The van der Waals surface area contributed by atoms with E-state index < -0.39 is 5.97 Å². The Hall–Kier alpha value is -1.62. The smallest absolute Gasteiger partial charge is 0.303 e. The molecule has 5 heteroatoms. The number of anilines is 1. The maximum absolute atomic E-state index is 10.7. The number of aliphatic carboxylic acids is 1. The van der Waals surface area contributed by atoms with Crippen molar-refractivity contribution in [1.29, 1.82) is 0 Å². The monoisotopic (exact) mass is 262 g/mol. The first-order chi connectivity index (χ1) is 8.74. The molecule has 2 aromatic rings. The van der Waals surface area contributed by atoms with Crippen LogP contribution in [0.25, 0.3) is 10.9 Å². The number of carboxylic acids is 1. The molecule has 0 bridgehead atoms. The van der Waals surface area contributed by atoms with Crippen molar-refractivity contribution in [2.75, 3.05) is 18.0 Å². The summed E-state index contributed by atoms with van der Waals surface area (Å²) in [5, 5.41) is 11.2. The fraction of sp³-hybridized carbons (Fsp3) is 0.385. The summed E-state index contributed by atoms with van der Waals surface area (Å²) in [6.45, 7) is 1.77. The molecular formula is C13H14N2O2S. The molecule has 4 nitrogen and oxygen atoms in total. The molecule has 2 heterocycles. The van der Waals surface area contributed by atoms with Crippen LogP contribution in [0, 0.1) is 5.92 Å². The molecule has 1 saturated heterocycles. The predicted octanol–water partition coefficient (Wildman–Crippen LogP) is 2.60. The van der Waals surface area contributed by atoms with E-state index in [-0.39, 0.29) is 12.3 Å². The van der Waals surface area contributed by atoms with Crippen molar-refractivity contribution in [3.8, 4) is 0 Å². The van der Waals surface area contributed by atoms with Crippen LogP contribution in [0.2, 0.25) is 0 Å². The van der Waals surface area contributed by atoms with E-state index in [1.165, 1.54) is 21.9 Å². The third-order valence-electron chi connectivity index (χ3n) is 3.40. The molecule has 0 amide bonds. The number of nitrogens with zero attached hydrogens (tertiary/aromatic N) is 2. The zero-order valence-electron chi connectivity index (χ0n) is 9.87. The van der Waals surface area contributed by atoms with E-state index in [1.54, 1.807) is 0 Å². The van der Waals surface area contributed by atoms with Crippen LogP contribution in [0.15, 0.2) is 24.3 Å². The molecule has 0 aliphatic carbocycles. The maximum atomic E-state index is 10.7. The largest absolute Gasteiger partial charge is 0.481 e. The minimum Gasteiger partial charge on any atom is -0.481 e. The van der Waals surface area contributed by atoms with Gasteiger partial charge in [-0.05, 0) is 36.0 Å². The van der Waals surface area contributed by atoms with Gasteiger partial charge in [-0.1, -0.05) is 12.1 Å². The van der Waals surface area contributed by atoms with Gasteiger partial charge in [0, 0.05) is 24.9 Å². The number of hydrogen-bond donors (Lipinski definition) is 1. The Labute approximate surface area is 109 Å². The van der Waals surface area contributed by atoms with Crippen molar-refractivity contribution < 1.29 is 9.90 Å². The van der Waals surface area contributed by atoms with Gasteiger partial charge in [-0.25, -0.2) is 0 Å². The zero-order valence-corrected chi connectivity index (χ0v) is 10.7. The number of carbonyl (C=O) groups is 1. The fourth-order valence-corrected chi connectivity index (χ4v) is 3.43. The average Bonchev–Trinajstić information content (AvgIpc) is 2.94. The van der Waals surface area contributed by atoms with Gasteiger partial charge < -0.3 is 10.0 Å². The normalized spacial score (nSPS) is 19.6. The third-order valence-corrected chi connectivity index (χ3v) is 4.34.